The zero-order valence-corrected chi connectivity index (χ0v) is 14.0. The molecule has 25 heavy (non-hydrogen) atoms. The van der Waals surface area contributed by atoms with Crippen LogP contribution in [0.15, 0.2) is 42.5 Å². The minimum atomic E-state index is -0.721. The molecule has 0 aliphatic carbocycles. The number of nitrogens with one attached hydrogen (secondary N) is 1. The fourth-order valence-electron chi connectivity index (χ4n) is 3.11. The van der Waals surface area contributed by atoms with E-state index in [4.69, 9.17) is 4.74 Å². The van der Waals surface area contributed by atoms with E-state index >= 15 is 0 Å². The van der Waals surface area contributed by atoms with Crippen LogP contribution < -0.4 is 15.0 Å². The third-order valence-corrected chi connectivity index (χ3v) is 4.44. The maximum absolute atomic E-state index is 13.6. The molecule has 1 atom stereocenters. The minimum Gasteiger partial charge on any atom is -0.495 e. The van der Waals surface area contributed by atoms with Crippen LogP contribution in [0, 0.1) is 17.6 Å². The summed E-state index contributed by atoms with van der Waals surface area (Å²) in [6.45, 7) is 2.04. The van der Waals surface area contributed by atoms with Gasteiger partial charge in [-0.25, -0.2) is 8.78 Å². The zero-order chi connectivity index (χ0) is 17.8. The number of carbonyl (C=O) groups excluding carboxylic acids is 1. The highest BCUT2D eigenvalue weighted by molar-refractivity contribution is 5.94. The van der Waals surface area contributed by atoms with Crippen molar-refractivity contribution >= 4 is 11.6 Å². The van der Waals surface area contributed by atoms with E-state index in [1.54, 1.807) is 7.11 Å². The Bertz CT molecular complexity index is 767. The fourth-order valence-corrected chi connectivity index (χ4v) is 3.11. The summed E-state index contributed by atoms with van der Waals surface area (Å²) in [7, 11) is 1.64. The number of benzene rings is 2. The molecule has 0 aromatic heterocycles. The first-order chi connectivity index (χ1) is 12.1. The van der Waals surface area contributed by atoms with Crippen molar-refractivity contribution in [1.29, 1.82) is 0 Å². The number of amides is 1. The van der Waals surface area contributed by atoms with Crippen LogP contribution in [0.1, 0.15) is 16.8 Å². The third-order valence-electron chi connectivity index (χ3n) is 4.44. The second kappa shape index (κ2) is 7.51. The van der Waals surface area contributed by atoms with Crippen molar-refractivity contribution in [3.63, 3.8) is 0 Å². The summed E-state index contributed by atoms with van der Waals surface area (Å²) in [5.74, 6) is -0.886. The van der Waals surface area contributed by atoms with Gasteiger partial charge in [0.05, 0.1) is 18.4 Å². The van der Waals surface area contributed by atoms with E-state index in [1.807, 2.05) is 24.3 Å². The topological polar surface area (TPSA) is 41.6 Å². The highest BCUT2D eigenvalue weighted by atomic mass is 19.1. The number of hydrogen-bond acceptors (Lipinski definition) is 3. The lowest BCUT2D eigenvalue weighted by atomic mass is 10.1. The van der Waals surface area contributed by atoms with E-state index in [9.17, 15) is 13.6 Å². The Kier molecular flexibility index (Phi) is 5.16. The monoisotopic (exact) mass is 346 g/mol. The Hall–Kier alpha value is -2.63. The number of hydrogen-bond donors (Lipinski definition) is 1. The normalized spacial score (nSPS) is 16.8. The molecule has 0 bridgehead atoms. The van der Waals surface area contributed by atoms with Gasteiger partial charge >= 0.3 is 0 Å². The number of carbonyl (C=O) groups is 1. The average Bonchev–Trinajstić information content (AvgIpc) is 3.10. The fraction of sp³-hybridized carbons (Fsp3) is 0.316. The van der Waals surface area contributed by atoms with Crippen molar-refractivity contribution in [3.05, 3.63) is 59.7 Å². The predicted octanol–water partition coefficient (Wildman–Crippen LogP) is 3.23. The van der Waals surface area contributed by atoms with E-state index in [0.29, 0.717) is 6.54 Å². The number of halogens is 2. The van der Waals surface area contributed by atoms with Crippen LogP contribution in [0.2, 0.25) is 0 Å². The molecule has 1 amide bonds. The number of nitrogens with zero attached hydrogens (tertiary/aromatic N) is 1. The standard InChI is InChI=1S/C19H20F2N2O2/c1-25-18-5-3-2-4-17(18)23-9-8-13(12-23)11-22-19(24)15-10-14(20)6-7-16(15)21/h2-7,10,13H,8-9,11-12H2,1H3,(H,22,24)/t13-/m0/s1. The number of ether oxygens (including phenoxy) is 1. The van der Waals surface area contributed by atoms with Gasteiger partial charge in [-0.1, -0.05) is 12.1 Å². The van der Waals surface area contributed by atoms with E-state index in [1.165, 1.54) is 0 Å². The summed E-state index contributed by atoms with van der Waals surface area (Å²) < 4.78 is 32.2. The van der Waals surface area contributed by atoms with E-state index < -0.39 is 17.5 Å². The minimum absolute atomic E-state index is 0.241. The molecule has 132 valence electrons. The SMILES string of the molecule is COc1ccccc1N1CC[C@@H](CNC(=O)c2cc(F)ccc2F)C1. The summed E-state index contributed by atoms with van der Waals surface area (Å²) in [6.07, 6.45) is 0.907. The molecular weight excluding hydrogens is 326 g/mol. The summed E-state index contributed by atoms with van der Waals surface area (Å²) in [4.78, 5) is 14.3. The molecule has 1 heterocycles. The molecular formula is C19H20F2N2O2. The summed E-state index contributed by atoms with van der Waals surface area (Å²) in [5, 5.41) is 2.71. The highest BCUT2D eigenvalue weighted by Gasteiger charge is 2.25. The summed E-state index contributed by atoms with van der Waals surface area (Å²) in [5.41, 5.74) is 0.759. The zero-order valence-electron chi connectivity index (χ0n) is 14.0. The summed E-state index contributed by atoms with van der Waals surface area (Å²) >= 11 is 0. The van der Waals surface area contributed by atoms with Gasteiger partial charge in [-0.15, -0.1) is 0 Å². The third kappa shape index (κ3) is 3.90. The van der Waals surface area contributed by atoms with Crippen LogP contribution in [0.5, 0.6) is 5.75 Å². The molecule has 0 saturated carbocycles. The van der Waals surface area contributed by atoms with Gasteiger partial charge in [-0.3, -0.25) is 4.79 Å². The second-order valence-corrected chi connectivity index (χ2v) is 6.11. The molecule has 3 rings (SSSR count). The van der Waals surface area contributed by atoms with Crippen molar-refractivity contribution in [2.45, 2.75) is 6.42 Å². The lowest BCUT2D eigenvalue weighted by Gasteiger charge is -2.21. The molecule has 1 fully saturated rings. The van der Waals surface area contributed by atoms with Crippen molar-refractivity contribution in [3.8, 4) is 5.75 Å². The Morgan fingerprint density at radius 3 is 2.88 bits per heavy atom. The van der Waals surface area contributed by atoms with Gasteiger partial charge in [-0.05, 0) is 42.7 Å². The largest absolute Gasteiger partial charge is 0.495 e. The maximum atomic E-state index is 13.6. The first-order valence-electron chi connectivity index (χ1n) is 8.19. The molecule has 4 nitrogen and oxygen atoms in total. The van der Waals surface area contributed by atoms with E-state index in [-0.39, 0.29) is 11.5 Å². The van der Waals surface area contributed by atoms with Crippen LogP contribution in [-0.2, 0) is 0 Å². The lowest BCUT2D eigenvalue weighted by molar-refractivity contribution is 0.0943. The molecule has 1 N–H and O–H groups in total. The Labute approximate surface area is 145 Å². The van der Waals surface area contributed by atoms with Crippen molar-refractivity contribution in [2.75, 3.05) is 31.6 Å². The van der Waals surface area contributed by atoms with Crippen LogP contribution in [0.25, 0.3) is 0 Å². The van der Waals surface area contributed by atoms with Gasteiger partial charge in [0.25, 0.3) is 5.91 Å². The van der Waals surface area contributed by atoms with Crippen LogP contribution >= 0.6 is 0 Å². The Morgan fingerprint density at radius 1 is 1.28 bits per heavy atom. The first kappa shape index (κ1) is 17.2. The van der Waals surface area contributed by atoms with Gasteiger partial charge in [-0.2, -0.15) is 0 Å². The van der Waals surface area contributed by atoms with Crippen molar-refractivity contribution < 1.29 is 18.3 Å². The molecule has 2 aromatic rings. The quantitative estimate of drug-likeness (QED) is 0.904. The lowest BCUT2D eigenvalue weighted by Crippen LogP contribution is -2.31. The number of methoxy groups -OCH3 is 1. The summed E-state index contributed by atoms with van der Waals surface area (Å²) in [6, 6.07) is 10.7. The molecule has 0 radical (unpaired) electrons. The van der Waals surface area contributed by atoms with E-state index in [2.05, 4.69) is 10.2 Å². The molecule has 0 spiro atoms. The molecule has 1 aliphatic heterocycles. The van der Waals surface area contributed by atoms with Gasteiger partial charge < -0.3 is 15.0 Å². The smallest absolute Gasteiger partial charge is 0.254 e. The van der Waals surface area contributed by atoms with Crippen molar-refractivity contribution in [2.24, 2.45) is 5.92 Å². The Morgan fingerprint density at radius 2 is 2.08 bits per heavy atom. The van der Waals surface area contributed by atoms with Crippen LogP contribution in [-0.4, -0.2) is 32.7 Å². The molecule has 1 aliphatic rings. The molecule has 6 heteroatoms. The first-order valence-corrected chi connectivity index (χ1v) is 8.19. The van der Waals surface area contributed by atoms with Gasteiger partial charge in [0, 0.05) is 19.6 Å². The Balaban J connectivity index is 1.58. The maximum Gasteiger partial charge on any atom is 0.254 e. The van der Waals surface area contributed by atoms with Crippen LogP contribution in [0.4, 0.5) is 14.5 Å². The van der Waals surface area contributed by atoms with Gasteiger partial charge in [0.15, 0.2) is 0 Å². The average molecular weight is 346 g/mol. The number of anilines is 1. The molecule has 1 saturated heterocycles. The molecule has 2 aromatic carbocycles. The molecule has 0 unspecified atom stereocenters. The number of para-hydroxylation sites is 2. The van der Waals surface area contributed by atoms with Crippen LogP contribution in [0.3, 0.4) is 0 Å². The number of rotatable bonds is 5. The van der Waals surface area contributed by atoms with E-state index in [0.717, 1.165) is 49.1 Å². The van der Waals surface area contributed by atoms with Crippen molar-refractivity contribution in [1.82, 2.24) is 5.32 Å². The second-order valence-electron chi connectivity index (χ2n) is 6.11. The highest BCUT2D eigenvalue weighted by Crippen LogP contribution is 2.31. The predicted molar refractivity (Wildman–Crippen MR) is 92.0 cm³/mol. The van der Waals surface area contributed by atoms with Gasteiger partial charge in [0.2, 0.25) is 0 Å². The van der Waals surface area contributed by atoms with Gasteiger partial charge in [0.1, 0.15) is 17.4 Å².